The molecule has 2 N–H and O–H groups in total. The molecule has 0 bridgehead atoms. The summed E-state index contributed by atoms with van der Waals surface area (Å²) in [5, 5.41) is 5.33. The monoisotopic (exact) mass is 473 g/mol. The van der Waals surface area contributed by atoms with Crippen molar-refractivity contribution >= 4 is 45.4 Å². The predicted molar refractivity (Wildman–Crippen MR) is 114 cm³/mol. The molecular formula is C21H20BrN3O5. The number of amides is 4. The molecule has 1 aliphatic rings. The lowest BCUT2D eigenvalue weighted by Crippen LogP contribution is -2.35. The number of ether oxygens (including phenoxy) is 1. The van der Waals surface area contributed by atoms with Gasteiger partial charge in [0.1, 0.15) is 0 Å². The molecule has 0 saturated heterocycles. The van der Waals surface area contributed by atoms with Gasteiger partial charge in [-0.25, -0.2) is 9.59 Å². The van der Waals surface area contributed by atoms with Crippen LogP contribution >= 0.6 is 15.9 Å². The van der Waals surface area contributed by atoms with E-state index < -0.39 is 12.0 Å². The van der Waals surface area contributed by atoms with E-state index in [1.54, 1.807) is 49.4 Å². The van der Waals surface area contributed by atoms with Crippen LogP contribution < -0.4 is 10.6 Å². The molecule has 1 heterocycles. The van der Waals surface area contributed by atoms with Crippen LogP contribution in [0.3, 0.4) is 0 Å². The lowest BCUT2D eigenvalue weighted by atomic mass is 10.1. The van der Waals surface area contributed by atoms with E-state index in [2.05, 4.69) is 26.6 Å². The molecule has 2 aromatic rings. The second kappa shape index (κ2) is 9.53. The number of nitrogens with one attached hydrogen (secondary N) is 2. The van der Waals surface area contributed by atoms with Gasteiger partial charge in [0.05, 0.1) is 23.3 Å². The number of hydrogen-bond donors (Lipinski definition) is 2. The summed E-state index contributed by atoms with van der Waals surface area (Å²) in [5.41, 5.74) is 1.69. The first kappa shape index (κ1) is 21.5. The topological polar surface area (TPSA) is 105 Å². The fourth-order valence-corrected chi connectivity index (χ4v) is 3.35. The zero-order chi connectivity index (χ0) is 21.7. The molecule has 156 valence electrons. The number of urea groups is 1. The number of fused-ring (bicyclic) bond motifs is 1. The molecule has 0 aromatic heterocycles. The van der Waals surface area contributed by atoms with Crippen molar-refractivity contribution in [2.24, 2.45) is 0 Å². The van der Waals surface area contributed by atoms with Crippen LogP contribution in [0, 0.1) is 0 Å². The smallest absolute Gasteiger partial charge is 0.338 e. The molecule has 0 radical (unpaired) electrons. The van der Waals surface area contributed by atoms with Gasteiger partial charge < -0.3 is 15.4 Å². The predicted octanol–water partition coefficient (Wildman–Crippen LogP) is 3.43. The number of esters is 1. The van der Waals surface area contributed by atoms with Crippen molar-refractivity contribution in [3.63, 3.8) is 0 Å². The quantitative estimate of drug-likeness (QED) is 0.364. The van der Waals surface area contributed by atoms with Gasteiger partial charge in [0.2, 0.25) is 0 Å². The highest BCUT2D eigenvalue weighted by Gasteiger charge is 2.34. The number of imide groups is 1. The van der Waals surface area contributed by atoms with Crippen molar-refractivity contribution in [1.29, 1.82) is 0 Å². The van der Waals surface area contributed by atoms with Gasteiger partial charge in [-0.1, -0.05) is 15.9 Å². The number of benzene rings is 2. The minimum atomic E-state index is -0.426. The molecule has 2 aromatic carbocycles. The number of carbonyl (C=O) groups excluding carboxylic acids is 4. The fourth-order valence-electron chi connectivity index (χ4n) is 2.98. The largest absolute Gasteiger partial charge is 0.462 e. The third-order valence-corrected chi connectivity index (χ3v) is 4.92. The molecule has 0 unspecified atom stereocenters. The normalized spacial score (nSPS) is 12.5. The Morgan fingerprint density at radius 2 is 1.73 bits per heavy atom. The highest BCUT2D eigenvalue weighted by Crippen LogP contribution is 2.26. The van der Waals surface area contributed by atoms with Gasteiger partial charge in [0.25, 0.3) is 11.8 Å². The first-order valence-corrected chi connectivity index (χ1v) is 10.2. The molecule has 0 aliphatic carbocycles. The van der Waals surface area contributed by atoms with Gasteiger partial charge >= 0.3 is 12.0 Å². The maximum Gasteiger partial charge on any atom is 0.338 e. The first-order valence-electron chi connectivity index (χ1n) is 9.38. The summed E-state index contributed by atoms with van der Waals surface area (Å²) in [5.74, 6) is -1.08. The second-order valence-corrected chi connectivity index (χ2v) is 7.40. The van der Waals surface area contributed by atoms with Crippen LogP contribution in [0.15, 0.2) is 46.9 Å². The van der Waals surface area contributed by atoms with Gasteiger partial charge in [0, 0.05) is 23.2 Å². The SMILES string of the molecule is CCOC(=O)c1ccc(NC(=O)NCCCN2C(=O)c3ccc(Br)cc3C2=O)cc1. The fraction of sp³-hybridized carbons (Fsp3) is 0.238. The molecule has 0 spiro atoms. The highest BCUT2D eigenvalue weighted by atomic mass is 79.9. The maximum atomic E-state index is 12.4. The summed E-state index contributed by atoms with van der Waals surface area (Å²) in [7, 11) is 0. The Balaban J connectivity index is 1.44. The van der Waals surface area contributed by atoms with E-state index in [-0.39, 0.29) is 24.9 Å². The minimum absolute atomic E-state index is 0.207. The summed E-state index contributed by atoms with van der Waals surface area (Å²) in [6, 6.07) is 10.9. The van der Waals surface area contributed by atoms with E-state index in [1.165, 1.54) is 4.90 Å². The van der Waals surface area contributed by atoms with Crippen molar-refractivity contribution in [1.82, 2.24) is 10.2 Å². The van der Waals surface area contributed by atoms with Gasteiger partial charge in [-0.05, 0) is 55.8 Å². The molecule has 3 rings (SSSR count). The highest BCUT2D eigenvalue weighted by molar-refractivity contribution is 9.10. The van der Waals surface area contributed by atoms with Gasteiger partial charge in [-0.3, -0.25) is 14.5 Å². The first-order chi connectivity index (χ1) is 14.4. The lowest BCUT2D eigenvalue weighted by Gasteiger charge is -2.14. The molecular weight excluding hydrogens is 454 g/mol. The number of hydrogen-bond acceptors (Lipinski definition) is 5. The van der Waals surface area contributed by atoms with Crippen LogP contribution in [0.1, 0.15) is 44.4 Å². The van der Waals surface area contributed by atoms with Crippen LogP contribution in [-0.4, -0.2) is 48.4 Å². The number of nitrogens with zero attached hydrogens (tertiary/aromatic N) is 1. The standard InChI is InChI=1S/C21H20BrN3O5/c1-2-30-20(28)13-4-7-15(8-5-13)24-21(29)23-10-3-11-25-18(26)16-9-6-14(22)12-17(16)19(25)27/h4-9,12H,2-3,10-11H2,1H3,(H2,23,24,29). The summed E-state index contributed by atoms with van der Waals surface area (Å²) in [6.45, 7) is 2.51. The van der Waals surface area contributed by atoms with E-state index in [0.29, 0.717) is 35.4 Å². The lowest BCUT2D eigenvalue weighted by molar-refractivity contribution is 0.0525. The Kier molecular flexibility index (Phi) is 6.83. The third kappa shape index (κ3) is 4.85. The molecule has 0 fully saturated rings. The summed E-state index contributed by atoms with van der Waals surface area (Å²) < 4.78 is 5.64. The van der Waals surface area contributed by atoms with Crippen LogP contribution in [0.5, 0.6) is 0 Å². The minimum Gasteiger partial charge on any atom is -0.462 e. The van der Waals surface area contributed by atoms with Crippen molar-refractivity contribution in [2.75, 3.05) is 25.0 Å². The number of anilines is 1. The van der Waals surface area contributed by atoms with E-state index in [4.69, 9.17) is 4.74 Å². The Morgan fingerprint density at radius 3 is 2.43 bits per heavy atom. The van der Waals surface area contributed by atoms with Crippen molar-refractivity contribution in [3.8, 4) is 0 Å². The Bertz CT molecular complexity index is 991. The van der Waals surface area contributed by atoms with Crippen molar-refractivity contribution < 1.29 is 23.9 Å². The molecule has 4 amide bonds. The van der Waals surface area contributed by atoms with E-state index >= 15 is 0 Å². The van der Waals surface area contributed by atoms with Crippen LogP contribution in [-0.2, 0) is 4.74 Å². The molecule has 1 aliphatic heterocycles. The summed E-state index contributed by atoms with van der Waals surface area (Å²) >= 11 is 3.30. The Morgan fingerprint density at radius 1 is 1.03 bits per heavy atom. The average Bonchev–Trinajstić information content (AvgIpc) is 2.95. The van der Waals surface area contributed by atoms with Crippen molar-refractivity contribution in [3.05, 3.63) is 63.6 Å². The third-order valence-electron chi connectivity index (χ3n) is 4.43. The van der Waals surface area contributed by atoms with Crippen LogP contribution in [0.4, 0.5) is 10.5 Å². The molecule has 0 saturated carbocycles. The van der Waals surface area contributed by atoms with E-state index in [1.807, 2.05) is 0 Å². The van der Waals surface area contributed by atoms with E-state index in [0.717, 1.165) is 4.47 Å². The average molecular weight is 474 g/mol. The van der Waals surface area contributed by atoms with Crippen LogP contribution in [0.2, 0.25) is 0 Å². The number of carbonyl (C=O) groups is 4. The van der Waals surface area contributed by atoms with E-state index in [9.17, 15) is 19.2 Å². The second-order valence-electron chi connectivity index (χ2n) is 6.48. The molecule has 0 atom stereocenters. The maximum absolute atomic E-state index is 12.4. The van der Waals surface area contributed by atoms with Crippen molar-refractivity contribution in [2.45, 2.75) is 13.3 Å². The summed E-state index contributed by atoms with van der Waals surface area (Å²) in [4.78, 5) is 49.6. The summed E-state index contributed by atoms with van der Waals surface area (Å²) in [6.07, 6.45) is 0.419. The zero-order valence-corrected chi connectivity index (χ0v) is 17.8. The number of halogens is 1. The Hall–Kier alpha value is -3.20. The Labute approximate surface area is 181 Å². The molecule has 8 nitrogen and oxygen atoms in total. The van der Waals surface area contributed by atoms with Gasteiger partial charge in [-0.2, -0.15) is 0 Å². The molecule has 30 heavy (non-hydrogen) atoms. The van der Waals surface area contributed by atoms with Gasteiger partial charge in [0.15, 0.2) is 0 Å². The zero-order valence-electron chi connectivity index (χ0n) is 16.2. The van der Waals surface area contributed by atoms with Crippen LogP contribution in [0.25, 0.3) is 0 Å². The van der Waals surface area contributed by atoms with Gasteiger partial charge in [-0.15, -0.1) is 0 Å². The molecule has 9 heteroatoms. The number of rotatable bonds is 7.